The lowest BCUT2D eigenvalue weighted by Gasteiger charge is -2.59. The molecule has 12 atom stereocenters. The summed E-state index contributed by atoms with van der Waals surface area (Å²) < 4.78 is 30.0. The number of ether oxygens (including phenoxy) is 2. The molecule has 69 heavy (non-hydrogen) atoms. The van der Waals surface area contributed by atoms with Gasteiger partial charge in [0.15, 0.2) is 29.2 Å². The normalized spacial score (nSPS) is 30.4. The Hall–Kier alpha value is -4.52. The SMILES string of the molecule is C[C@H](CC(=O)[C@H](C)NC(=O)[C@H](CCC(=O)O)CC(=O)CBr)C(=O)Nc1cccc(Cc2ccc([C@@H]3O[C@@H]4C[C@H]5[C@@H]6CCC7=CC(=O)C=C[C@]7(C)[C@H]6[C@@H](O)C[C@]5(C)[C@]4(C(=O)COP(=O)(O)O)O3)cc2)c1. The van der Waals surface area contributed by atoms with Gasteiger partial charge in [0.1, 0.15) is 12.4 Å². The number of hydrogen-bond donors (Lipinski definition) is 6. The second-order valence-electron chi connectivity index (χ2n) is 19.9. The maximum absolute atomic E-state index is 14.4. The largest absolute Gasteiger partial charge is 0.481 e. The molecule has 0 radical (unpaired) electrons. The van der Waals surface area contributed by atoms with Gasteiger partial charge in [0, 0.05) is 59.1 Å². The lowest BCUT2D eigenvalue weighted by molar-refractivity contribution is -0.200. The van der Waals surface area contributed by atoms with Crippen LogP contribution in [0.15, 0.2) is 72.3 Å². The number of amides is 2. The maximum Gasteiger partial charge on any atom is 0.470 e. The number of carbonyl (C=O) groups is 7. The number of rotatable bonds is 20. The molecule has 0 spiro atoms. The van der Waals surface area contributed by atoms with Gasteiger partial charge in [-0.2, -0.15) is 0 Å². The van der Waals surface area contributed by atoms with E-state index >= 15 is 0 Å². The van der Waals surface area contributed by atoms with Gasteiger partial charge in [-0.3, -0.25) is 38.1 Å². The molecule has 1 heterocycles. The van der Waals surface area contributed by atoms with Crippen LogP contribution in [0.3, 0.4) is 0 Å². The lowest BCUT2D eigenvalue weighted by Crippen LogP contribution is -2.63. The molecular formula is C50H60BrN2O15P. The fourth-order valence-electron chi connectivity index (χ4n) is 12.0. The third-order valence-electron chi connectivity index (χ3n) is 15.4. The zero-order chi connectivity index (χ0) is 50.2. The number of fused-ring (bicyclic) bond motifs is 7. The zero-order valence-corrected chi connectivity index (χ0v) is 41.4. The van der Waals surface area contributed by atoms with Crippen LogP contribution < -0.4 is 10.6 Å². The van der Waals surface area contributed by atoms with E-state index in [4.69, 9.17) is 19.1 Å². The van der Waals surface area contributed by atoms with Gasteiger partial charge in [-0.15, -0.1) is 0 Å². The first-order valence-corrected chi connectivity index (χ1v) is 25.9. The third kappa shape index (κ3) is 10.9. The van der Waals surface area contributed by atoms with Gasteiger partial charge in [0.25, 0.3) is 0 Å². The standard InChI is InChI=1S/C50H60BrN2O15P/c1-27(18-39(56)28(2)52-46(62)32(12-15-43(59)60)21-36(55)25-51)45(61)53-34-7-5-6-30(20-34)19-29-8-10-31(11-9-29)47-67-42-23-38-37-14-13-33-22-35(54)16-17-48(33,3)44(37)40(57)24-49(38,4)50(42,68-47)41(58)26-66-69(63,64)65/h5-11,16-17,20,22,27-28,32,37-38,40,42,44,47,57H,12-15,18-19,21,23-26H2,1-4H3,(H,52,62)(H,53,61)(H,59,60)(H2,63,64,65)/t27-,28+,32-,37+,38+,40+,42-,44-,47-,48+,49+,50-/m1/s1. The smallest absolute Gasteiger partial charge is 0.470 e. The van der Waals surface area contributed by atoms with E-state index in [1.165, 1.54) is 6.92 Å². The van der Waals surface area contributed by atoms with E-state index in [1.54, 1.807) is 31.2 Å². The molecule has 7 rings (SSSR count). The van der Waals surface area contributed by atoms with Gasteiger partial charge >= 0.3 is 13.8 Å². The van der Waals surface area contributed by atoms with Crippen LogP contribution in [0.4, 0.5) is 5.69 Å². The summed E-state index contributed by atoms with van der Waals surface area (Å²) in [6.07, 6.45) is 3.96. The number of ketones is 4. The molecule has 2 aromatic carbocycles. The summed E-state index contributed by atoms with van der Waals surface area (Å²) >= 11 is 3.05. The van der Waals surface area contributed by atoms with Gasteiger partial charge in [0.2, 0.25) is 11.8 Å². The number of alkyl halides is 1. The number of halogens is 1. The lowest BCUT2D eigenvalue weighted by atomic mass is 9.46. The summed E-state index contributed by atoms with van der Waals surface area (Å²) in [7, 11) is -5.04. The number of nitrogens with one attached hydrogen (secondary N) is 2. The quantitative estimate of drug-likeness (QED) is 0.0669. The molecule has 19 heteroatoms. The average molecular weight is 1040 g/mol. The number of benzene rings is 2. The van der Waals surface area contributed by atoms with Gasteiger partial charge in [-0.05, 0) is 92.7 Å². The number of aliphatic hydroxyl groups is 1. The molecule has 0 aromatic heterocycles. The number of aliphatic hydroxyl groups excluding tert-OH is 1. The Morgan fingerprint density at radius 1 is 1.00 bits per heavy atom. The first-order chi connectivity index (χ1) is 32.5. The monoisotopic (exact) mass is 1040 g/mol. The van der Waals surface area contributed by atoms with Crippen LogP contribution >= 0.6 is 23.8 Å². The fourth-order valence-corrected chi connectivity index (χ4v) is 12.5. The number of carboxylic acid groups (broad SMARTS) is 1. The third-order valence-corrected chi connectivity index (χ3v) is 16.5. The number of phosphoric acid groups is 1. The minimum absolute atomic E-state index is 0.00655. The number of aliphatic carboxylic acids is 1. The van der Waals surface area contributed by atoms with Gasteiger partial charge in [-0.25, -0.2) is 4.57 Å². The highest BCUT2D eigenvalue weighted by Crippen LogP contribution is 2.70. The predicted octanol–water partition coefficient (Wildman–Crippen LogP) is 5.87. The summed E-state index contributed by atoms with van der Waals surface area (Å²) in [5.41, 5.74) is 0.557. The van der Waals surface area contributed by atoms with Crippen LogP contribution in [-0.4, -0.2) is 96.7 Å². The molecule has 4 aliphatic carbocycles. The summed E-state index contributed by atoms with van der Waals surface area (Å²) in [5, 5.41) is 26.6. The van der Waals surface area contributed by atoms with Crippen LogP contribution in [0.2, 0.25) is 0 Å². The zero-order valence-electron chi connectivity index (χ0n) is 38.9. The second kappa shape index (κ2) is 20.7. The van der Waals surface area contributed by atoms with Crippen molar-refractivity contribution in [1.82, 2.24) is 5.32 Å². The molecule has 5 aliphatic rings. The van der Waals surface area contributed by atoms with Crippen molar-refractivity contribution in [2.24, 2.45) is 40.4 Å². The topological polar surface area (TPSA) is 269 Å². The van der Waals surface area contributed by atoms with E-state index in [2.05, 4.69) is 26.6 Å². The molecule has 4 fully saturated rings. The molecule has 2 amide bonds. The molecule has 6 N–H and O–H groups in total. The average Bonchev–Trinajstić information content (AvgIpc) is 3.79. The predicted molar refractivity (Wildman–Crippen MR) is 252 cm³/mol. The van der Waals surface area contributed by atoms with Crippen molar-refractivity contribution in [2.75, 3.05) is 17.3 Å². The molecule has 17 nitrogen and oxygen atoms in total. The van der Waals surface area contributed by atoms with Crippen molar-refractivity contribution < 1.29 is 72.1 Å². The second-order valence-corrected chi connectivity index (χ2v) is 21.7. The summed E-state index contributed by atoms with van der Waals surface area (Å²) in [5.74, 6) is -5.75. The summed E-state index contributed by atoms with van der Waals surface area (Å²) in [6.45, 7) is 6.09. The van der Waals surface area contributed by atoms with E-state index < -0.39 is 96.6 Å². The number of carbonyl (C=O) groups excluding carboxylic acids is 6. The van der Waals surface area contributed by atoms with E-state index in [9.17, 15) is 53.0 Å². The van der Waals surface area contributed by atoms with Crippen LogP contribution in [0.1, 0.15) is 102 Å². The van der Waals surface area contributed by atoms with Crippen molar-refractivity contribution in [2.45, 2.75) is 116 Å². The summed E-state index contributed by atoms with van der Waals surface area (Å²) in [6, 6.07) is 13.6. The highest BCUT2D eigenvalue weighted by molar-refractivity contribution is 9.09. The molecule has 0 unspecified atom stereocenters. The molecule has 1 saturated heterocycles. The van der Waals surface area contributed by atoms with E-state index in [0.717, 1.165) is 16.7 Å². The minimum Gasteiger partial charge on any atom is -0.481 e. The van der Waals surface area contributed by atoms with Crippen LogP contribution in [0.5, 0.6) is 0 Å². The highest BCUT2D eigenvalue weighted by Gasteiger charge is 2.76. The first-order valence-electron chi connectivity index (χ1n) is 23.3. The van der Waals surface area contributed by atoms with Crippen LogP contribution in [0, 0.1) is 40.4 Å². The summed E-state index contributed by atoms with van der Waals surface area (Å²) in [4.78, 5) is 108. The number of anilines is 1. The number of Topliss-reactive ketones (excluding diaryl/α,β-unsaturated/α-hetero) is 3. The Labute approximate surface area is 408 Å². The van der Waals surface area contributed by atoms with E-state index in [0.29, 0.717) is 36.9 Å². The van der Waals surface area contributed by atoms with E-state index in [1.807, 2.05) is 56.3 Å². The molecule has 372 valence electrons. The van der Waals surface area contributed by atoms with Gasteiger partial charge < -0.3 is 40.1 Å². The number of hydrogen-bond acceptors (Lipinski definition) is 12. The number of phosphoric ester groups is 1. The van der Waals surface area contributed by atoms with Crippen molar-refractivity contribution in [1.29, 1.82) is 0 Å². The Morgan fingerprint density at radius 3 is 2.41 bits per heavy atom. The molecular weight excluding hydrogens is 979 g/mol. The van der Waals surface area contributed by atoms with Crippen molar-refractivity contribution in [3.8, 4) is 0 Å². The molecule has 0 bridgehead atoms. The molecule has 1 aliphatic heterocycles. The van der Waals surface area contributed by atoms with Crippen molar-refractivity contribution in [3.05, 3.63) is 89.0 Å². The van der Waals surface area contributed by atoms with E-state index in [-0.39, 0.29) is 66.8 Å². The molecule has 3 saturated carbocycles. The Morgan fingerprint density at radius 2 is 1.72 bits per heavy atom. The van der Waals surface area contributed by atoms with Crippen LogP contribution in [0.25, 0.3) is 0 Å². The first kappa shape index (κ1) is 52.3. The van der Waals surface area contributed by atoms with Gasteiger partial charge in [0.05, 0.1) is 23.6 Å². The fraction of sp³-hybridized carbons (Fsp3) is 0.540. The molecule has 2 aromatic rings. The maximum atomic E-state index is 14.4. The highest BCUT2D eigenvalue weighted by atomic mass is 79.9. The number of carboxylic acids is 1. The van der Waals surface area contributed by atoms with Crippen molar-refractivity contribution in [3.63, 3.8) is 0 Å². The number of allylic oxidation sites excluding steroid dienone is 4. The Bertz CT molecular complexity index is 2490. The van der Waals surface area contributed by atoms with Gasteiger partial charge in [-0.1, -0.05) is 84.7 Å². The Balaban J connectivity index is 0.992. The minimum atomic E-state index is -5.04. The Kier molecular flexibility index (Phi) is 15.7. The van der Waals surface area contributed by atoms with Crippen molar-refractivity contribution >= 4 is 70.4 Å². The van der Waals surface area contributed by atoms with Crippen LogP contribution in [-0.2, 0) is 58.5 Å².